The number of ether oxygens (including phenoxy) is 2. The van der Waals surface area contributed by atoms with Gasteiger partial charge in [-0.25, -0.2) is 4.79 Å². The van der Waals surface area contributed by atoms with E-state index < -0.39 is 0 Å². The lowest BCUT2D eigenvalue weighted by molar-refractivity contribution is -0.137. The van der Waals surface area contributed by atoms with Gasteiger partial charge in [-0.05, 0) is 36.3 Å². The van der Waals surface area contributed by atoms with E-state index in [2.05, 4.69) is 41.1 Å². The molecule has 2 aromatic rings. The number of benzene rings is 1. The zero-order chi connectivity index (χ0) is 19.0. The molecule has 1 N–H and O–H groups in total. The summed E-state index contributed by atoms with van der Waals surface area (Å²) in [5.74, 6) is 0.287. The Hall–Kier alpha value is -2.27. The normalized spacial score (nSPS) is 25.7. The van der Waals surface area contributed by atoms with Crippen molar-refractivity contribution >= 4 is 16.9 Å². The Balaban J connectivity index is 1.73. The number of H-pyrrole nitrogens is 1. The number of methoxy groups -OCH3 is 2. The van der Waals surface area contributed by atoms with Crippen LogP contribution in [0.15, 0.2) is 36.1 Å². The minimum absolute atomic E-state index is 0.140. The standard InChI is InChI=1S/C22H28N2O3/c1-4-14-12-24-10-9-16-15-7-5-6-8-19(15)23-21(16)20(24)11-17(14)18(13-26-2)22(25)27-3/h5-8,13-14,17,20,23H,4,9-12H2,1-3H3/t14-,17-,20-/m0/s1. The Labute approximate surface area is 160 Å². The number of carbonyl (C=O) groups excluding carboxylic acids is 1. The van der Waals surface area contributed by atoms with E-state index in [1.807, 2.05) is 0 Å². The molecule has 3 heterocycles. The van der Waals surface area contributed by atoms with Crippen molar-refractivity contribution < 1.29 is 14.3 Å². The first-order chi connectivity index (χ1) is 13.2. The number of hydrogen-bond donors (Lipinski definition) is 1. The molecule has 5 heteroatoms. The zero-order valence-electron chi connectivity index (χ0n) is 16.3. The smallest absolute Gasteiger partial charge is 0.337 e. The van der Waals surface area contributed by atoms with Gasteiger partial charge >= 0.3 is 5.97 Å². The molecule has 2 aliphatic rings. The molecule has 0 saturated carbocycles. The van der Waals surface area contributed by atoms with Crippen molar-refractivity contribution in [1.82, 2.24) is 9.88 Å². The molecule has 4 rings (SSSR count). The number of nitrogens with one attached hydrogen (secondary N) is 1. The van der Waals surface area contributed by atoms with Crippen LogP contribution in [-0.4, -0.2) is 43.2 Å². The third kappa shape index (κ3) is 3.04. The molecule has 0 amide bonds. The monoisotopic (exact) mass is 368 g/mol. The average molecular weight is 368 g/mol. The van der Waals surface area contributed by atoms with E-state index in [-0.39, 0.29) is 11.9 Å². The van der Waals surface area contributed by atoms with Crippen molar-refractivity contribution in [2.24, 2.45) is 11.8 Å². The molecule has 0 bridgehead atoms. The van der Waals surface area contributed by atoms with Gasteiger partial charge in [-0.2, -0.15) is 0 Å². The van der Waals surface area contributed by atoms with E-state index in [1.165, 1.54) is 29.3 Å². The van der Waals surface area contributed by atoms with Crippen molar-refractivity contribution in [2.75, 3.05) is 27.3 Å². The number of hydrogen-bond acceptors (Lipinski definition) is 4. The van der Waals surface area contributed by atoms with Crippen LogP contribution < -0.4 is 0 Å². The molecule has 1 saturated heterocycles. The number of fused-ring (bicyclic) bond motifs is 5. The van der Waals surface area contributed by atoms with Crippen LogP contribution in [0.25, 0.3) is 10.9 Å². The number of carbonyl (C=O) groups is 1. The van der Waals surface area contributed by atoms with Crippen LogP contribution in [0.5, 0.6) is 0 Å². The second-order valence-electron chi connectivity index (χ2n) is 7.63. The van der Waals surface area contributed by atoms with Crippen molar-refractivity contribution in [3.63, 3.8) is 0 Å². The van der Waals surface area contributed by atoms with E-state index >= 15 is 0 Å². The van der Waals surface area contributed by atoms with Crippen molar-refractivity contribution in [3.8, 4) is 0 Å². The largest absolute Gasteiger partial charge is 0.504 e. The number of nitrogens with zero attached hydrogens (tertiary/aromatic N) is 1. The maximum Gasteiger partial charge on any atom is 0.337 e. The second-order valence-corrected chi connectivity index (χ2v) is 7.63. The highest BCUT2D eigenvalue weighted by molar-refractivity contribution is 5.89. The van der Waals surface area contributed by atoms with Crippen LogP contribution in [0.2, 0.25) is 0 Å². The van der Waals surface area contributed by atoms with Crippen LogP contribution in [-0.2, 0) is 20.7 Å². The van der Waals surface area contributed by atoms with E-state index in [0.29, 0.717) is 17.5 Å². The molecule has 1 aromatic carbocycles. The van der Waals surface area contributed by atoms with Gasteiger partial charge in [0.05, 0.1) is 32.1 Å². The summed E-state index contributed by atoms with van der Waals surface area (Å²) >= 11 is 0. The lowest BCUT2D eigenvalue weighted by Gasteiger charge is -2.46. The Kier molecular flexibility index (Phi) is 4.96. The number of piperidine rings is 1. The van der Waals surface area contributed by atoms with E-state index in [1.54, 1.807) is 13.4 Å². The first-order valence-corrected chi connectivity index (χ1v) is 9.82. The minimum atomic E-state index is -0.276. The lowest BCUT2D eigenvalue weighted by Crippen LogP contribution is -2.47. The molecule has 3 atom stereocenters. The van der Waals surface area contributed by atoms with Crippen molar-refractivity contribution in [1.29, 1.82) is 0 Å². The molecular weight excluding hydrogens is 340 g/mol. The molecule has 0 aliphatic carbocycles. The Morgan fingerprint density at radius 3 is 2.89 bits per heavy atom. The third-order valence-electron chi connectivity index (χ3n) is 6.37. The predicted molar refractivity (Wildman–Crippen MR) is 105 cm³/mol. The summed E-state index contributed by atoms with van der Waals surface area (Å²) in [6.07, 6.45) is 4.60. The van der Waals surface area contributed by atoms with Crippen molar-refractivity contribution in [2.45, 2.75) is 32.2 Å². The lowest BCUT2D eigenvalue weighted by atomic mass is 9.74. The highest BCUT2D eigenvalue weighted by Crippen LogP contribution is 2.45. The molecule has 1 aromatic heterocycles. The average Bonchev–Trinajstić information content (AvgIpc) is 3.09. The number of aromatic nitrogens is 1. The molecule has 27 heavy (non-hydrogen) atoms. The SMILES string of the molecule is CC[C@H]1CN2CCc3c([nH]c4ccccc34)[C@@H]2C[C@@H]1C(=COC)C(=O)OC. The Bertz CT molecular complexity index is 870. The fourth-order valence-electron chi connectivity index (χ4n) is 5.04. The predicted octanol–water partition coefficient (Wildman–Crippen LogP) is 3.82. The fraction of sp³-hybridized carbons (Fsp3) is 0.500. The van der Waals surface area contributed by atoms with E-state index in [9.17, 15) is 4.79 Å². The second kappa shape index (κ2) is 7.39. The van der Waals surface area contributed by atoms with Crippen LogP contribution in [0.4, 0.5) is 0 Å². The molecule has 0 radical (unpaired) electrons. The molecule has 5 nitrogen and oxygen atoms in total. The quantitative estimate of drug-likeness (QED) is 0.506. The maximum atomic E-state index is 12.4. The summed E-state index contributed by atoms with van der Waals surface area (Å²) in [7, 11) is 3.04. The van der Waals surface area contributed by atoms with Gasteiger partial charge in [0.1, 0.15) is 0 Å². The van der Waals surface area contributed by atoms with Crippen molar-refractivity contribution in [3.05, 3.63) is 47.4 Å². The molecule has 2 aliphatic heterocycles. The number of rotatable bonds is 4. The number of aromatic amines is 1. The maximum absolute atomic E-state index is 12.4. The highest BCUT2D eigenvalue weighted by atomic mass is 16.5. The van der Waals surface area contributed by atoms with Crippen LogP contribution in [0.3, 0.4) is 0 Å². The number of para-hydroxylation sites is 1. The van der Waals surface area contributed by atoms with E-state index in [4.69, 9.17) is 9.47 Å². The first-order valence-electron chi connectivity index (χ1n) is 9.82. The fourth-order valence-corrected chi connectivity index (χ4v) is 5.04. The Morgan fingerprint density at radius 1 is 1.33 bits per heavy atom. The zero-order valence-corrected chi connectivity index (χ0v) is 16.3. The van der Waals surface area contributed by atoms with Gasteiger partial charge in [0.25, 0.3) is 0 Å². The molecule has 0 unspecified atom stereocenters. The van der Waals surface area contributed by atoms with Gasteiger partial charge in [-0.3, -0.25) is 4.90 Å². The van der Waals surface area contributed by atoms with Gasteiger partial charge in [0.2, 0.25) is 0 Å². The summed E-state index contributed by atoms with van der Waals surface area (Å²) in [4.78, 5) is 18.7. The molecule has 0 spiro atoms. The first kappa shape index (κ1) is 18.1. The topological polar surface area (TPSA) is 54.6 Å². The number of esters is 1. The third-order valence-corrected chi connectivity index (χ3v) is 6.37. The highest BCUT2D eigenvalue weighted by Gasteiger charge is 2.42. The molecule has 144 valence electrons. The minimum Gasteiger partial charge on any atom is -0.504 e. The summed E-state index contributed by atoms with van der Waals surface area (Å²) in [6, 6.07) is 8.85. The summed E-state index contributed by atoms with van der Waals surface area (Å²) in [5.41, 5.74) is 4.63. The van der Waals surface area contributed by atoms with Crippen LogP contribution >= 0.6 is 0 Å². The van der Waals surface area contributed by atoms with Gasteiger partial charge in [0, 0.05) is 29.7 Å². The van der Waals surface area contributed by atoms with Gasteiger partial charge in [-0.1, -0.05) is 31.5 Å². The van der Waals surface area contributed by atoms with Gasteiger partial charge < -0.3 is 14.5 Å². The summed E-state index contributed by atoms with van der Waals surface area (Å²) in [5, 5.41) is 1.34. The molecule has 1 fully saturated rings. The van der Waals surface area contributed by atoms with Gasteiger partial charge in [-0.15, -0.1) is 0 Å². The summed E-state index contributed by atoms with van der Waals surface area (Å²) in [6.45, 7) is 4.28. The molecular formula is C22H28N2O3. The summed E-state index contributed by atoms with van der Waals surface area (Å²) < 4.78 is 10.3. The van der Waals surface area contributed by atoms with Crippen LogP contribution in [0.1, 0.15) is 37.1 Å². The van der Waals surface area contributed by atoms with E-state index in [0.717, 1.165) is 32.4 Å². The Morgan fingerprint density at radius 2 is 2.15 bits per heavy atom. The van der Waals surface area contributed by atoms with Gasteiger partial charge in [0.15, 0.2) is 0 Å². The van der Waals surface area contributed by atoms with Crippen LogP contribution in [0, 0.1) is 11.8 Å².